The van der Waals surface area contributed by atoms with Crippen molar-refractivity contribution in [2.24, 2.45) is 0 Å². The number of aromatic amines is 1. The molecule has 0 saturated heterocycles. The SMILES string of the molecule is O=C(CNC(=O)OCC1c2ccccc2-c2ccccc21)NCc1ccc[nH]1. The highest BCUT2D eigenvalue weighted by atomic mass is 16.5. The molecule has 1 aliphatic carbocycles. The Kier molecular flexibility index (Phi) is 5.10. The van der Waals surface area contributed by atoms with Crippen molar-refractivity contribution in [1.82, 2.24) is 15.6 Å². The Balaban J connectivity index is 1.30. The van der Waals surface area contributed by atoms with Crippen molar-refractivity contribution in [3.8, 4) is 11.1 Å². The summed E-state index contributed by atoms with van der Waals surface area (Å²) in [6.07, 6.45) is 1.19. The number of aromatic nitrogens is 1. The van der Waals surface area contributed by atoms with E-state index in [-0.39, 0.29) is 25.0 Å². The lowest BCUT2D eigenvalue weighted by Crippen LogP contribution is -2.37. The number of carbonyl (C=O) groups excluding carboxylic acids is 2. The Morgan fingerprint density at radius 3 is 2.21 bits per heavy atom. The van der Waals surface area contributed by atoms with Crippen LogP contribution in [-0.2, 0) is 16.1 Å². The van der Waals surface area contributed by atoms with Crippen LogP contribution >= 0.6 is 0 Å². The van der Waals surface area contributed by atoms with Crippen LogP contribution in [0.1, 0.15) is 22.7 Å². The highest BCUT2D eigenvalue weighted by Gasteiger charge is 2.28. The van der Waals surface area contributed by atoms with E-state index in [4.69, 9.17) is 4.74 Å². The first kappa shape index (κ1) is 17.9. The van der Waals surface area contributed by atoms with Gasteiger partial charge in [0.05, 0.1) is 6.54 Å². The number of fused-ring (bicyclic) bond motifs is 3. The molecule has 4 rings (SSSR count). The highest BCUT2D eigenvalue weighted by molar-refractivity contribution is 5.82. The van der Waals surface area contributed by atoms with E-state index in [2.05, 4.69) is 39.9 Å². The second kappa shape index (κ2) is 8.00. The number of alkyl carbamates (subject to hydrolysis) is 1. The second-order valence-corrected chi connectivity index (χ2v) is 6.65. The Morgan fingerprint density at radius 1 is 0.893 bits per heavy atom. The third-order valence-corrected chi connectivity index (χ3v) is 4.88. The number of H-pyrrole nitrogens is 1. The van der Waals surface area contributed by atoms with Gasteiger partial charge in [0, 0.05) is 17.8 Å². The van der Waals surface area contributed by atoms with Crippen molar-refractivity contribution in [2.45, 2.75) is 12.5 Å². The molecule has 6 heteroatoms. The lowest BCUT2D eigenvalue weighted by Gasteiger charge is -2.14. The van der Waals surface area contributed by atoms with Gasteiger partial charge in [-0.2, -0.15) is 0 Å². The zero-order valence-corrected chi connectivity index (χ0v) is 15.3. The molecule has 2 amide bonds. The molecule has 1 heterocycles. The molecule has 0 radical (unpaired) electrons. The van der Waals surface area contributed by atoms with E-state index >= 15 is 0 Å². The minimum Gasteiger partial charge on any atom is -0.449 e. The van der Waals surface area contributed by atoms with Gasteiger partial charge < -0.3 is 20.4 Å². The Hall–Kier alpha value is -3.54. The van der Waals surface area contributed by atoms with Crippen LogP contribution in [0.15, 0.2) is 66.9 Å². The topological polar surface area (TPSA) is 83.2 Å². The molecule has 1 aliphatic rings. The van der Waals surface area contributed by atoms with E-state index in [0.29, 0.717) is 6.54 Å². The van der Waals surface area contributed by atoms with Crippen LogP contribution < -0.4 is 10.6 Å². The Bertz CT molecular complexity index is 937. The molecule has 0 aliphatic heterocycles. The number of ether oxygens (including phenoxy) is 1. The summed E-state index contributed by atoms with van der Waals surface area (Å²) in [6, 6.07) is 20.0. The molecule has 142 valence electrons. The van der Waals surface area contributed by atoms with Crippen molar-refractivity contribution < 1.29 is 14.3 Å². The van der Waals surface area contributed by atoms with Gasteiger partial charge in [-0.3, -0.25) is 4.79 Å². The summed E-state index contributed by atoms with van der Waals surface area (Å²) in [4.78, 5) is 26.9. The quantitative estimate of drug-likeness (QED) is 0.619. The maximum Gasteiger partial charge on any atom is 0.407 e. The van der Waals surface area contributed by atoms with E-state index in [1.165, 1.54) is 11.1 Å². The van der Waals surface area contributed by atoms with E-state index in [1.54, 1.807) is 6.20 Å². The summed E-state index contributed by atoms with van der Waals surface area (Å²) in [5.41, 5.74) is 5.56. The third kappa shape index (κ3) is 3.76. The molecule has 3 N–H and O–H groups in total. The standard InChI is InChI=1S/C22H21N3O3/c26-21(24-12-15-6-5-11-23-15)13-25-22(27)28-14-20-18-9-3-1-7-16(18)17-8-2-4-10-19(17)20/h1-11,20,23H,12-14H2,(H,24,26)(H,25,27). The molecule has 0 saturated carbocycles. The number of hydrogen-bond acceptors (Lipinski definition) is 3. The number of amides is 2. The molecule has 0 spiro atoms. The smallest absolute Gasteiger partial charge is 0.407 e. The summed E-state index contributed by atoms with van der Waals surface area (Å²) in [6.45, 7) is 0.486. The van der Waals surface area contributed by atoms with Gasteiger partial charge in [0.2, 0.25) is 5.91 Å². The molecular weight excluding hydrogens is 354 g/mol. The van der Waals surface area contributed by atoms with Crippen LogP contribution in [0, 0.1) is 0 Å². The van der Waals surface area contributed by atoms with E-state index < -0.39 is 6.09 Å². The highest BCUT2D eigenvalue weighted by Crippen LogP contribution is 2.44. The molecule has 1 aromatic heterocycles. The number of rotatable bonds is 6. The first-order chi connectivity index (χ1) is 13.7. The summed E-state index contributed by atoms with van der Waals surface area (Å²) in [5.74, 6) is -0.275. The van der Waals surface area contributed by atoms with Gasteiger partial charge in [-0.25, -0.2) is 4.79 Å². The Labute approximate surface area is 162 Å². The fourth-order valence-corrected chi connectivity index (χ4v) is 3.54. The average molecular weight is 375 g/mol. The first-order valence-electron chi connectivity index (χ1n) is 9.20. The first-order valence-corrected chi connectivity index (χ1v) is 9.20. The molecule has 3 aromatic rings. The van der Waals surface area contributed by atoms with Crippen LogP contribution in [0.25, 0.3) is 11.1 Å². The summed E-state index contributed by atoms with van der Waals surface area (Å²) in [5, 5.41) is 5.22. The number of nitrogens with one attached hydrogen (secondary N) is 3. The number of hydrogen-bond donors (Lipinski definition) is 3. The summed E-state index contributed by atoms with van der Waals surface area (Å²) >= 11 is 0. The lowest BCUT2D eigenvalue weighted by molar-refractivity contribution is -0.120. The zero-order valence-electron chi connectivity index (χ0n) is 15.3. The van der Waals surface area contributed by atoms with Gasteiger partial charge in [0.15, 0.2) is 0 Å². The van der Waals surface area contributed by atoms with Crippen LogP contribution in [0.4, 0.5) is 4.79 Å². The fraction of sp³-hybridized carbons (Fsp3) is 0.182. The normalized spacial score (nSPS) is 12.1. The van der Waals surface area contributed by atoms with Gasteiger partial charge in [-0.15, -0.1) is 0 Å². The molecule has 2 aromatic carbocycles. The number of carbonyl (C=O) groups is 2. The van der Waals surface area contributed by atoms with E-state index in [9.17, 15) is 9.59 Å². The van der Waals surface area contributed by atoms with Gasteiger partial charge in [-0.1, -0.05) is 48.5 Å². The molecular formula is C22H21N3O3. The van der Waals surface area contributed by atoms with Crippen molar-refractivity contribution in [2.75, 3.05) is 13.2 Å². The predicted octanol–water partition coefficient (Wildman–Crippen LogP) is 3.17. The monoisotopic (exact) mass is 375 g/mol. The van der Waals surface area contributed by atoms with Crippen LogP contribution in [0.3, 0.4) is 0 Å². The van der Waals surface area contributed by atoms with Crippen LogP contribution in [0.2, 0.25) is 0 Å². The maximum atomic E-state index is 12.0. The lowest BCUT2D eigenvalue weighted by atomic mass is 9.98. The van der Waals surface area contributed by atoms with E-state index in [1.807, 2.05) is 36.4 Å². The summed E-state index contributed by atoms with van der Waals surface area (Å²) in [7, 11) is 0. The van der Waals surface area contributed by atoms with Crippen molar-refractivity contribution in [1.29, 1.82) is 0 Å². The van der Waals surface area contributed by atoms with Gasteiger partial charge >= 0.3 is 6.09 Å². The minimum absolute atomic E-state index is 0.000135. The van der Waals surface area contributed by atoms with Crippen molar-refractivity contribution in [3.63, 3.8) is 0 Å². The number of benzene rings is 2. The molecule has 6 nitrogen and oxygen atoms in total. The van der Waals surface area contributed by atoms with Crippen LogP contribution in [0.5, 0.6) is 0 Å². The molecule has 0 unspecified atom stereocenters. The largest absolute Gasteiger partial charge is 0.449 e. The molecule has 0 bridgehead atoms. The third-order valence-electron chi connectivity index (χ3n) is 4.88. The van der Waals surface area contributed by atoms with Crippen molar-refractivity contribution >= 4 is 12.0 Å². The van der Waals surface area contributed by atoms with Gasteiger partial charge in [0.25, 0.3) is 0 Å². The van der Waals surface area contributed by atoms with Crippen LogP contribution in [-0.4, -0.2) is 30.1 Å². The van der Waals surface area contributed by atoms with Crippen molar-refractivity contribution in [3.05, 3.63) is 83.7 Å². The predicted molar refractivity (Wildman–Crippen MR) is 106 cm³/mol. The minimum atomic E-state index is -0.600. The molecule has 28 heavy (non-hydrogen) atoms. The van der Waals surface area contributed by atoms with Gasteiger partial charge in [-0.05, 0) is 34.4 Å². The second-order valence-electron chi connectivity index (χ2n) is 6.65. The fourth-order valence-electron chi connectivity index (χ4n) is 3.54. The van der Waals surface area contributed by atoms with E-state index in [0.717, 1.165) is 16.8 Å². The molecule has 0 fully saturated rings. The average Bonchev–Trinajstić information content (AvgIpc) is 3.35. The molecule has 0 atom stereocenters. The Morgan fingerprint density at radius 2 is 1.57 bits per heavy atom. The van der Waals surface area contributed by atoms with Gasteiger partial charge in [0.1, 0.15) is 13.2 Å². The summed E-state index contributed by atoms with van der Waals surface area (Å²) < 4.78 is 5.40. The zero-order chi connectivity index (χ0) is 19.3. The maximum absolute atomic E-state index is 12.0.